The van der Waals surface area contributed by atoms with E-state index in [1.807, 2.05) is 6.92 Å². The van der Waals surface area contributed by atoms with E-state index in [1.54, 1.807) is 24.3 Å². The molecule has 0 aromatic heterocycles. The van der Waals surface area contributed by atoms with Gasteiger partial charge in [0, 0.05) is 13.1 Å². The Hall–Kier alpha value is -1.58. The van der Waals surface area contributed by atoms with Crippen molar-refractivity contribution in [3.05, 3.63) is 29.8 Å². The first-order valence-electron chi connectivity index (χ1n) is 6.87. The van der Waals surface area contributed by atoms with E-state index in [-0.39, 0.29) is 11.2 Å². The standard InChI is InChI=1S/C15H17N3OS2/c1-11(21-15(20)18-8-4-5-9-18)14(19)17-13-7-3-2-6-12(13)10-16/h2-3,6-7,11H,4-5,8-9H2,1H3,(H,17,19). The maximum Gasteiger partial charge on any atom is 0.237 e. The van der Waals surface area contributed by atoms with E-state index >= 15 is 0 Å². The number of para-hydroxylation sites is 1. The SMILES string of the molecule is CC(SC(=S)N1CCCC1)C(=O)Nc1ccccc1C#N. The number of nitriles is 1. The highest BCUT2D eigenvalue weighted by Gasteiger charge is 2.21. The van der Waals surface area contributed by atoms with Gasteiger partial charge in [-0.3, -0.25) is 4.79 Å². The highest BCUT2D eigenvalue weighted by molar-refractivity contribution is 8.23. The Kier molecular flexibility index (Phi) is 5.59. The minimum atomic E-state index is -0.287. The van der Waals surface area contributed by atoms with Gasteiger partial charge in [0.2, 0.25) is 5.91 Å². The van der Waals surface area contributed by atoms with Gasteiger partial charge in [-0.05, 0) is 31.9 Å². The van der Waals surface area contributed by atoms with E-state index in [0.717, 1.165) is 30.3 Å². The molecule has 2 rings (SSSR count). The molecule has 1 heterocycles. The molecular weight excluding hydrogens is 302 g/mol. The van der Waals surface area contributed by atoms with Gasteiger partial charge in [-0.15, -0.1) is 0 Å². The Labute approximate surface area is 134 Å². The van der Waals surface area contributed by atoms with Crippen molar-refractivity contribution in [2.45, 2.75) is 25.0 Å². The third-order valence-corrected chi connectivity index (χ3v) is 4.89. The molecular formula is C15H17N3OS2. The zero-order valence-electron chi connectivity index (χ0n) is 11.8. The molecule has 0 spiro atoms. The summed E-state index contributed by atoms with van der Waals surface area (Å²) < 4.78 is 0.781. The van der Waals surface area contributed by atoms with Crippen molar-refractivity contribution >= 4 is 39.9 Å². The fraction of sp³-hybridized carbons (Fsp3) is 0.400. The van der Waals surface area contributed by atoms with Crippen LogP contribution < -0.4 is 5.32 Å². The monoisotopic (exact) mass is 319 g/mol. The largest absolute Gasteiger partial charge is 0.358 e. The van der Waals surface area contributed by atoms with Crippen LogP contribution in [0.5, 0.6) is 0 Å². The van der Waals surface area contributed by atoms with Gasteiger partial charge in [-0.25, -0.2) is 0 Å². The second-order valence-electron chi connectivity index (χ2n) is 4.87. The number of carbonyl (C=O) groups is 1. The lowest BCUT2D eigenvalue weighted by Gasteiger charge is -2.20. The van der Waals surface area contributed by atoms with E-state index in [1.165, 1.54) is 11.8 Å². The molecule has 0 aliphatic carbocycles. The van der Waals surface area contributed by atoms with Gasteiger partial charge in [-0.2, -0.15) is 5.26 Å². The third-order valence-electron chi connectivity index (χ3n) is 3.32. The Bertz CT molecular complexity index is 577. The molecule has 0 saturated carbocycles. The fourth-order valence-corrected chi connectivity index (χ4v) is 3.52. The molecule has 1 fully saturated rings. The van der Waals surface area contributed by atoms with Crippen molar-refractivity contribution in [2.24, 2.45) is 0 Å². The Morgan fingerprint density at radius 2 is 2.10 bits per heavy atom. The molecule has 1 aromatic carbocycles. The van der Waals surface area contributed by atoms with Crippen LogP contribution in [0, 0.1) is 11.3 Å². The van der Waals surface area contributed by atoms with Gasteiger partial charge in [0.1, 0.15) is 10.4 Å². The minimum absolute atomic E-state index is 0.135. The summed E-state index contributed by atoms with van der Waals surface area (Å²) in [6.07, 6.45) is 2.33. The lowest BCUT2D eigenvalue weighted by atomic mass is 10.2. The number of nitrogens with one attached hydrogen (secondary N) is 1. The van der Waals surface area contributed by atoms with Crippen molar-refractivity contribution in [1.82, 2.24) is 4.90 Å². The average Bonchev–Trinajstić information content (AvgIpc) is 3.02. The molecule has 1 amide bonds. The van der Waals surface area contributed by atoms with E-state index in [9.17, 15) is 4.79 Å². The van der Waals surface area contributed by atoms with Gasteiger partial charge >= 0.3 is 0 Å². The van der Waals surface area contributed by atoms with E-state index in [2.05, 4.69) is 16.3 Å². The summed E-state index contributed by atoms with van der Waals surface area (Å²) >= 11 is 6.78. The summed E-state index contributed by atoms with van der Waals surface area (Å²) in [7, 11) is 0. The number of thioether (sulfide) groups is 1. The van der Waals surface area contributed by atoms with Gasteiger partial charge in [0.15, 0.2) is 0 Å². The van der Waals surface area contributed by atoms with Crippen molar-refractivity contribution in [2.75, 3.05) is 18.4 Å². The van der Waals surface area contributed by atoms with Crippen LogP contribution in [0.2, 0.25) is 0 Å². The second kappa shape index (κ2) is 7.43. The lowest BCUT2D eigenvalue weighted by Crippen LogP contribution is -2.29. The zero-order valence-corrected chi connectivity index (χ0v) is 13.5. The van der Waals surface area contributed by atoms with Crippen molar-refractivity contribution in [3.63, 3.8) is 0 Å². The van der Waals surface area contributed by atoms with Crippen molar-refractivity contribution in [1.29, 1.82) is 5.26 Å². The summed E-state index contributed by atoms with van der Waals surface area (Å²) in [4.78, 5) is 14.4. The fourth-order valence-electron chi connectivity index (χ4n) is 2.10. The smallest absolute Gasteiger partial charge is 0.237 e. The molecule has 0 bridgehead atoms. The zero-order chi connectivity index (χ0) is 15.2. The number of likely N-dealkylation sites (tertiary alicyclic amines) is 1. The van der Waals surface area contributed by atoms with Crippen LogP contribution in [-0.2, 0) is 4.79 Å². The molecule has 0 radical (unpaired) electrons. The molecule has 1 saturated heterocycles. The van der Waals surface area contributed by atoms with Crippen LogP contribution in [0.3, 0.4) is 0 Å². The molecule has 1 N–H and O–H groups in total. The molecule has 1 aliphatic rings. The van der Waals surface area contributed by atoms with Gasteiger partial charge in [-0.1, -0.05) is 36.1 Å². The van der Waals surface area contributed by atoms with Crippen LogP contribution >= 0.6 is 24.0 Å². The van der Waals surface area contributed by atoms with E-state index in [0.29, 0.717) is 11.3 Å². The number of carbonyl (C=O) groups excluding carboxylic acids is 1. The van der Waals surface area contributed by atoms with Gasteiger partial charge in [0.25, 0.3) is 0 Å². The third kappa shape index (κ3) is 4.19. The highest BCUT2D eigenvalue weighted by Crippen LogP contribution is 2.22. The maximum absolute atomic E-state index is 12.2. The van der Waals surface area contributed by atoms with Crippen LogP contribution in [0.15, 0.2) is 24.3 Å². The second-order valence-corrected chi connectivity index (χ2v) is 6.84. The number of anilines is 1. The van der Waals surface area contributed by atoms with Crippen molar-refractivity contribution < 1.29 is 4.79 Å². The molecule has 1 atom stereocenters. The quantitative estimate of drug-likeness (QED) is 0.868. The maximum atomic E-state index is 12.2. The molecule has 21 heavy (non-hydrogen) atoms. The number of thiocarbonyl (C=S) groups is 1. The lowest BCUT2D eigenvalue weighted by molar-refractivity contribution is -0.115. The number of nitrogens with zero attached hydrogens (tertiary/aromatic N) is 2. The summed E-state index contributed by atoms with van der Waals surface area (Å²) in [5.41, 5.74) is 1.01. The Morgan fingerprint density at radius 3 is 2.76 bits per heavy atom. The summed E-state index contributed by atoms with van der Waals surface area (Å²) in [5, 5.41) is 11.5. The Balaban J connectivity index is 1.93. The van der Waals surface area contributed by atoms with Crippen LogP contribution in [0.25, 0.3) is 0 Å². The number of hydrogen-bond acceptors (Lipinski definition) is 4. The molecule has 1 unspecified atom stereocenters. The topological polar surface area (TPSA) is 56.1 Å². The van der Waals surface area contributed by atoms with Gasteiger partial charge < -0.3 is 10.2 Å². The van der Waals surface area contributed by atoms with Crippen molar-refractivity contribution in [3.8, 4) is 6.07 Å². The first-order chi connectivity index (χ1) is 10.1. The molecule has 6 heteroatoms. The number of amides is 1. The number of benzene rings is 1. The van der Waals surface area contributed by atoms with Crippen LogP contribution in [-0.4, -0.2) is 33.5 Å². The average molecular weight is 319 g/mol. The predicted octanol–water partition coefficient (Wildman–Crippen LogP) is 3.00. The minimum Gasteiger partial charge on any atom is -0.358 e. The molecule has 110 valence electrons. The highest BCUT2D eigenvalue weighted by atomic mass is 32.2. The number of hydrogen-bond donors (Lipinski definition) is 1. The van der Waals surface area contributed by atoms with Crippen LogP contribution in [0.4, 0.5) is 5.69 Å². The first-order valence-corrected chi connectivity index (χ1v) is 8.16. The summed E-state index contributed by atoms with van der Waals surface area (Å²) in [5.74, 6) is -0.135. The van der Waals surface area contributed by atoms with E-state index in [4.69, 9.17) is 17.5 Å². The Morgan fingerprint density at radius 1 is 1.43 bits per heavy atom. The van der Waals surface area contributed by atoms with Crippen LogP contribution in [0.1, 0.15) is 25.3 Å². The molecule has 1 aliphatic heterocycles. The van der Waals surface area contributed by atoms with E-state index < -0.39 is 0 Å². The normalized spacial score (nSPS) is 15.3. The predicted molar refractivity (Wildman–Crippen MR) is 90.2 cm³/mol. The molecule has 4 nitrogen and oxygen atoms in total. The first kappa shape index (κ1) is 15.8. The van der Waals surface area contributed by atoms with Gasteiger partial charge in [0.05, 0.1) is 16.5 Å². The molecule has 1 aromatic rings. The number of rotatable bonds is 3. The summed E-state index contributed by atoms with van der Waals surface area (Å²) in [6, 6.07) is 9.05. The summed E-state index contributed by atoms with van der Waals surface area (Å²) in [6.45, 7) is 3.80.